The minimum atomic E-state index is -0.212. The Morgan fingerprint density at radius 2 is 1.93 bits per heavy atom. The maximum Gasteiger partial charge on any atom is 0.246 e. The first kappa shape index (κ1) is 20.4. The van der Waals surface area contributed by atoms with Crippen LogP contribution in [-0.2, 0) is 11.3 Å². The predicted octanol–water partition coefficient (Wildman–Crippen LogP) is 4.08. The van der Waals surface area contributed by atoms with E-state index < -0.39 is 0 Å². The Labute approximate surface area is 173 Å². The highest BCUT2D eigenvalue weighted by Crippen LogP contribution is 2.31. The molecule has 0 unspecified atom stereocenters. The number of hydrogen-bond acceptors (Lipinski definition) is 6. The summed E-state index contributed by atoms with van der Waals surface area (Å²) in [6, 6.07) is 12.6. The molecule has 3 rings (SSSR count). The molecule has 0 spiro atoms. The van der Waals surface area contributed by atoms with Gasteiger partial charge in [-0.05, 0) is 35.9 Å². The van der Waals surface area contributed by atoms with Gasteiger partial charge in [0.1, 0.15) is 0 Å². The van der Waals surface area contributed by atoms with Crippen LogP contribution in [-0.4, -0.2) is 42.2 Å². The van der Waals surface area contributed by atoms with E-state index in [0.29, 0.717) is 33.8 Å². The summed E-state index contributed by atoms with van der Waals surface area (Å²) in [4.78, 5) is 18.2. The van der Waals surface area contributed by atoms with E-state index in [0.717, 1.165) is 5.56 Å². The SMILES string of the molecule is COc1ccc(-c2noc(CN(C)C(=O)C=Cc3ccccc3Cl)n2)cc1OC. The molecule has 0 aliphatic rings. The first-order valence-corrected chi connectivity index (χ1v) is 9.12. The first-order chi connectivity index (χ1) is 14.0. The van der Waals surface area contributed by atoms with E-state index in [1.165, 1.54) is 11.0 Å². The third-order valence-corrected chi connectivity index (χ3v) is 4.51. The van der Waals surface area contributed by atoms with Crippen LogP contribution < -0.4 is 9.47 Å². The van der Waals surface area contributed by atoms with E-state index in [1.807, 2.05) is 18.2 Å². The topological polar surface area (TPSA) is 77.7 Å². The van der Waals surface area contributed by atoms with Gasteiger partial charge >= 0.3 is 0 Å². The lowest BCUT2D eigenvalue weighted by Gasteiger charge is -2.11. The molecule has 0 saturated heterocycles. The van der Waals surface area contributed by atoms with Crippen LogP contribution in [0.1, 0.15) is 11.5 Å². The summed E-state index contributed by atoms with van der Waals surface area (Å²) in [5, 5.41) is 4.56. The molecule has 0 fully saturated rings. The van der Waals surface area contributed by atoms with Crippen LogP contribution in [0.3, 0.4) is 0 Å². The molecule has 7 nitrogen and oxygen atoms in total. The lowest BCUT2D eigenvalue weighted by molar-refractivity contribution is -0.125. The summed E-state index contributed by atoms with van der Waals surface area (Å²) in [5.74, 6) is 1.67. The molecule has 0 atom stereocenters. The summed E-state index contributed by atoms with van der Waals surface area (Å²) in [5.41, 5.74) is 1.48. The van der Waals surface area contributed by atoms with E-state index in [-0.39, 0.29) is 12.5 Å². The number of carbonyl (C=O) groups is 1. The molecular formula is C21H20ClN3O4. The molecule has 0 N–H and O–H groups in total. The van der Waals surface area contributed by atoms with Gasteiger partial charge in [-0.3, -0.25) is 4.79 Å². The molecule has 0 saturated carbocycles. The minimum absolute atomic E-state index is 0.173. The van der Waals surface area contributed by atoms with Crippen molar-refractivity contribution in [3.05, 3.63) is 65.0 Å². The van der Waals surface area contributed by atoms with Gasteiger partial charge in [0.2, 0.25) is 17.6 Å². The Morgan fingerprint density at radius 1 is 1.17 bits per heavy atom. The molecule has 3 aromatic rings. The number of rotatable bonds is 7. The molecule has 0 bridgehead atoms. The maximum absolute atomic E-state index is 12.3. The van der Waals surface area contributed by atoms with Crippen molar-refractivity contribution in [2.75, 3.05) is 21.3 Å². The summed E-state index contributed by atoms with van der Waals surface area (Å²) in [7, 11) is 4.77. The number of aromatic nitrogens is 2. The fourth-order valence-electron chi connectivity index (χ4n) is 2.59. The van der Waals surface area contributed by atoms with Gasteiger partial charge in [0.25, 0.3) is 0 Å². The summed E-state index contributed by atoms with van der Waals surface area (Å²) >= 11 is 6.09. The number of likely N-dealkylation sites (N-methyl/N-ethyl adjacent to an activating group) is 1. The normalized spacial score (nSPS) is 10.9. The number of carbonyl (C=O) groups excluding carboxylic acids is 1. The number of methoxy groups -OCH3 is 2. The van der Waals surface area contributed by atoms with E-state index in [1.54, 1.807) is 51.6 Å². The van der Waals surface area contributed by atoms with Crippen LogP contribution >= 0.6 is 11.6 Å². The van der Waals surface area contributed by atoms with Gasteiger partial charge in [0, 0.05) is 23.7 Å². The monoisotopic (exact) mass is 413 g/mol. The van der Waals surface area contributed by atoms with Gasteiger partial charge in [-0.2, -0.15) is 4.98 Å². The van der Waals surface area contributed by atoms with Gasteiger partial charge in [-0.25, -0.2) is 0 Å². The standard InChI is InChI=1S/C21H20ClN3O4/c1-25(20(26)11-9-14-6-4-5-7-16(14)22)13-19-23-21(24-29-19)15-8-10-17(27-2)18(12-15)28-3/h4-12H,13H2,1-3H3. The number of halogens is 1. The molecule has 1 amide bonds. The van der Waals surface area contributed by atoms with Crippen LogP contribution in [0.4, 0.5) is 0 Å². The smallest absolute Gasteiger partial charge is 0.246 e. The molecular weight excluding hydrogens is 394 g/mol. The van der Waals surface area contributed by atoms with Gasteiger partial charge in [-0.1, -0.05) is 35.0 Å². The zero-order valence-corrected chi connectivity index (χ0v) is 17.0. The zero-order chi connectivity index (χ0) is 20.8. The predicted molar refractivity (Wildman–Crippen MR) is 110 cm³/mol. The Hall–Kier alpha value is -3.32. The average Bonchev–Trinajstić information content (AvgIpc) is 3.20. The summed E-state index contributed by atoms with van der Waals surface area (Å²) in [6.07, 6.45) is 3.12. The highest BCUT2D eigenvalue weighted by atomic mass is 35.5. The van der Waals surface area contributed by atoms with E-state index in [4.69, 9.17) is 25.6 Å². The zero-order valence-electron chi connectivity index (χ0n) is 16.3. The van der Waals surface area contributed by atoms with Crippen LogP contribution in [0.25, 0.3) is 17.5 Å². The van der Waals surface area contributed by atoms with Gasteiger partial charge in [-0.15, -0.1) is 0 Å². The molecule has 1 heterocycles. The fraction of sp³-hybridized carbons (Fsp3) is 0.190. The van der Waals surface area contributed by atoms with Crippen LogP contribution in [0, 0.1) is 0 Å². The van der Waals surface area contributed by atoms with Crippen molar-refractivity contribution in [3.63, 3.8) is 0 Å². The molecule has 8 heteroatoms. The van der Waals surface area contributed by atoms with Crippen molar-refractivity contribution < 1.29 is 18.8 Å². The second-order valence-corrected chi connectivity index (χ2v) is 6.54. The number of amides is 1. The average molecular weight is 414 g/mol. The molecule has 1 aromatic heterocycles. The quantitative estimate of drug-likeness (QED) is 0.543. The third-order valence-electron chi connectivity index (χ3n) is 4.17. The molecule has 0 aliphatic heterocycles. The number of benzene rings is 2. The van der Waals surface area contributed by atoms with Crippen LogP contribution in [0.15, 0.2) is 53.1 Å². The molecule has 0 aliphatic carbocycles. The molecule has 29 heavy (non-hydrogen) atoms. The molecule has 150 valence electrons. The Kier molecular flexibility index (Phi) is 6.51. The maximum atomic E-state index is 12.3. The molecule has 0 radical (unpaired) electrons. The van der Waals surface area contributed by atoms with Crippen molar-refractivity contribution in [1.82, 2.24) is 15.0 Å². The lowest BCUT2D eigenvalue weighted by atomic mass is 10.2. The highest BCUT2D eigenvalue weighted by Gasteiger charge is 2.15. The number of hydrogen-bond donors (Lipinski definition) is 0. The van der Waals surface area contributed by atoms with Crippen molar-refractivity contribution in [2.24, 2.45) is 0 Å². The van der Waals surface area contributed by atoms with Crippen molar-refractivity contribution >= 4 is 23.6 Å². The van der Waals surface area contributed by atoms with Crippen molar-refractivity contribution in [1.29, 1.82) is 0 Å². The van der Waals surface area contributed by atoms with Crippen molar-refractivity contribution in [3.8, 4) is 22.9 Å². The van der Waals surface area contributed by atoms with Gasteiger partial charge in [0.05, 0.1) is 20.8 Å². The van der Waals surface area contributed by atoms with Crippen LogP contribution in [0.5, 0.6) is 11.5 Å². The van der Waals surface area contributed by atoms with Gasteiger partial charge < -0.3 is 18.9 Å². The van der Waals surface area contributed by atoms with E-state index in [2.05, 4.69) is 10.1 Å². The Balaban J connectivity index is 1.68. The highest BCUT2D eigenvalue weighted by molar-refractivity contribution is 6.32. The largest absolute Gasteiger partial charge is 0.493 e. The Bertz CT molecular complexity index is 1030. The van der Waals surface area contributed by atoms with E-state index in [9.17, 15) is 4.79 Å². The lowest BCUT2D eigenvalue weighted by Crippen LogP contribution is -2.24. The second kappa shape index (κ2) is 9.25. The van der Waals surface area contributed by atoms with Crippen LogP contribution in [0.2, 0.25) is 5.02 Å². The number of nitrogens with zero attached hydrogens (tertiary/aromatic N) is 3. The minimum Gasteiger partial charge on any atom is -0.493 e. The molecule has 2 aromatic carbocycles. The van der Waals surface area contributed by atoms with Crippen molar-refractivity contribution in [2.45, 2.75) is 6.54 Å². The third kappa shape index (κ3) is 4.94. The fourth-order valence-corrected chi connectivity index (χ4v) is 2.79. The first-order valence-electron chi connectivity index (χ1n) is 8.74. The van der Waals surface area contributed by atoms with Gasteiger partial charge in [0.15, 0.2) is 11.5 Å². The summed E-state index contributed by atoms with van der Waals surface area (Å²) < 4.78 is 15.8. The second-order valence-electron chi connectivity index (χ2n) is 6.13. The van der Waals surface area contributed by atoms with E-state index >= 15 is 0 Å². The number of ether oxygens (including phenoxy) is 2. The summed E-state index contributed by atoms with van der Waals surface area (Å²) in [6.45, 7) is 0.173. The Morgan fingerprint density at radius 3 is 2.66 bits per heavy atom.